The van der Waals surface area contributed by atoms with Crippen LogP contribution in [-0.2, 0) is 4.74 Å². The molecule has 1 aromatic carbocycles. The van der Waals surface area contributed by atoms with Crippen LogP contribution in [0.1, 0.15) is 27.6 Å². The molecule has 0 fully saturated rings. The molecule has 6 heteroatoms. The van der Waals surface area contributed by atoms with E-state index >= 15 is 0 Å². The summed E-state index contributed by atoms with van der Waals surface area (Å²) >= 11 is 3.28. The summed E-state index contributed by atoms with van der Waals surface area (Å²) in [7, 11) is 1.22. The fourth-order valence-electron chi connectivity index (χ4n) is 1.69. The summed E-state index contributed by atoms with van der Waals surface area (Å²) in [6.45, 7) is 0. The molecule has 1 N–H and O–H groups in total. The number of carbonyl (C=O) groups is 1. The Kier molecular flexibility index (Phi) is 4.36. The first-order valence-electron chi connectivity index (χ1n) is 5.67. The second-order valence-corrected chi connectivity index (χ2v) is 4.94. The highest BCUT2D eigenvalue weighted by Gasteiger charge is 2.18. The molecule has 0 aliphatic rings. The number of halogens is 1. The molecule has 0 aliphatic heterocycles. The third-order valence-electron chi connectivity index (χ3n) is 2.74. The average Bonchev–Trinajstić information content (AvgIpc) is 2.47. The van der Waals surface area contributed by atoms with Gasteiger partial charge in [-0.3, -0.25) is 0 Å². The highest BCUT2D eigenvalue weighted by molar-refractivity contribution is 9.10. The Balaban J connectivity index is 2.43. The summed E-state index contributed by atoms with van der Waals surface area (Å²) in [5, 5.41) is 10.2. The summed E-state index contributed by atoms with van der Waals surface area (Å²) < 4.78 is 10.1. The van der Waals surface area contributed by atoms with Gasteiger partial charge in [0.05, 0.1) is 18.2 Å². The predicted octanol–water partition coefficient (Wildman–Crippen LogP) is 2.27. The van der Waals surface area contributed by atoms with Crippen LogP contribution >= 0.6 is 15.9 Å². The molecule has 1 atom stereocenters. The van der Waals surface area contributed by atoms with E-state index < -0.39 is 17.7 Å². The van der Waals surface area contributed by atoms with Crippen molar-refractivity contribution in [3.05, 3.63) is 68.2 Å². The van der Waals surface area contributed by atoms with Crippen molar-refractivity contribution in [1.82, 2.24) is 0 Å². The molecule has 1 unspecified atom stereocenters. The second-order valence-electron chi connectivity index (χ2n) is 4.02. The van der Waals surface area contributed by atoms with E-state index in [1.54, 1.807) is 24.3 Å². The van der Waals surface area contributed by atoms with Crippen LogP contribution in [0.5, 0.6) is 0 Å². The van der Waals surface area contributed by atoms with Gasteiger partial charge in [-0.25, -0.2) is 9.59 Å². The summed E-state index contributed by atoms with van der Waals surface area (Å²) in [4.78, 5) is 23.1. The van der Waals surface area contributed by atoms with Gasteiger partial charge in [-0.15, -0.1) is 0 Å². The molecule has 0 spiro atoms. The lowest BCUT2D eigenvalue weighted by Gasteiger charge is -2.10. The fourth-order valence-corrected chi connectivity index (χ4v) is 1.95. The molecule has 0 radical (unpaired) electrons. The second kappa shape index (κ2) is 6.02. The zero-order valence-electron chi connectivity index (χ0n) is 10.5. The number of carbonyl (C=O) groups excluding carboxylic acids is 1. The van der Waals surface area contributed by atoms with E-state index in [0.29, 0.717) is 5.56 Å². The summed E-state index contributed by atoms with van der Waals surface area (Å²) in [6.07, 6.45) is -0.171. The Bertz CT molecular complexity index is 675. The number of ether oxygens (including phenoxy) is 1. The van der Waals surface area contributed by atoms with Crippen LogP contribution in [0.4, 0.5) is 0 Å². The standard InChI is InChI=1S/C14H11BrO5/c1-19-13(17)9-6-11(14(18)20-7-9)12(16)8-2-4-10(15)5-3-8/h2-7,12,16H,1H3. The van der Waals surface area contributed by atoms with Crippen LogP contribution in [0.2, 0.25) is 0 Å². The van der Waals surface area contributed by atoms with Gasteiger partial charge in [-0.1, -0.05) is 28.1 Å². The maximum Gasteiger partial charge on any atom is 0.341 e. The van der Waals surface area contributed by atoms with Crippen molar-refractivity contribution in [1.29, 1.82) is 0 Å². The van der Waals surface area contributed by atoms with Gasteiger partial charge >= 0.3 is 11.6 Å². The number of aliphatic hydroxyl groups excluding tert-OH is 1. The maximum atomic E-state index is 11.7. The van der Waals surface area contributed by atoms with E-state index in [9.17, 15) is 14.7 Å². The fraction of sp³-hybridized carbons (Fsp3) is 0.143. The Hall–Kier alpha value is -1.92. The van der Waals surface area contributed by atoms with Crippen LogP contribution in [0.25, 0.3) is 0 Å². The predicted molar refractivity (Wildman–Crippen MR) is 74.5 cm³/mol. The Morgan fingerprint density at radius 3 is 2.60 bits per heavy atom. The average molecular weight is 339 g/mol. The Morgan fingerprint density at radius 1 is 1.35 bits per heavy atom. The number of benzene rings is 1. The van der Waals surface area contributed by atoms with Crippen molar-refractivity contribution in [2.75, 3.05) is 7.11 Å². The van der Waals surface area contributed by atoms with Crippen molar-refractivity contribution in [3.8, 4) is 0 Å². The molecule has 2 rings (SSSR count). The minimum Gasteiger partial charge on any atom is -0.465 e. The van der Waals surface area contributed by atoms with E-state index in [0.717, 1.165) is 10.7 Å². The minimum atomic E-state index is -1.18. The minimum absolute atomic E-state index is 0.0183. The molecular formula is C14H11BrO5. The third-order valence-corrected chi connectivity index (χ3v) is 3.27. The molecule has 0 saturated heterocycles. The Labute approximate surface area is 122 Å². The van der Waals surface area contributed by atoms with Crippen LogP contribution in [0.3, 0.4) is 0 Å². The summed E-state index contributed by atoms with van der Waals surface area (Å²) in [5.41, 5.74) is -0.135. The molecule has 0 aliphatic carbocycles. The molecule has 5 nitrogen and oxygen atoms in total. The third kappa shape index (κ3) is 2.97. The normalized spacial score (nSPS) is 11.9. The van der Waals surface area contributed by atoms with Gasteiger partial charge < -0.3 is 14.3 Å². The molecule has 1 aromatic heterocycles. The molecule has 2 aromatic rings. The molecule has 0 amide bonds. The van der Waals surface area contributed by atoms with Crippen molar-refractivity contribution < 1.29 is 19.1 Å². The van der Waals surface area contributed by atoms with Gasteiger partial charge in [-0.2, -0.15) is 0 Å². The lowest BCUT2D eigenvalue weighted by atomic mass is 10.0. The molecule has 0 saturated carbocycles. The van der Waals surface area contributed by atoms with Crippen LogP contribution < -0.4 is 5.63 Å². The smallest absolute Gasteiger partial charge is 0.341 e. The highest BCUT2D eigenvalue weighted by atomic mass is 79.9. The maximum absolute atomic E-state index is 11.7. The van der Waals surface area contributed by atoms with Crippen LogP contribution in [0, 0.1) is 0 Å². The number of hydrogen-bond acceptors (Lipinski definition) is 5. The zero-order valence-corrected chi connectivity index (χ0v) is 12.1. The van der Waals surface area contributed by atoms with E-state index in [2.05, 4.69) is 20.7 Å². The topological polar surface area (TPSA) is 76.7 Å². The van der Waals surface area contributed by atoms with Crippen molar-refractivity contribution in [2.24, 2.45) is 0 Å². The first-order chi connectivity index (χ1) is 9.52. The number of esters is 1. The molecule has 104 valence electrons. The first-order valence-corrected chi connectivity index (χ1v) is 6.47. The van der Waals surface area contributed by atoms with Crippen LogP contribution in [-0.4, -0.2) is 18.2 Å². The molecule has 0 bridgehead atoms. The van der Waals surface area contributed by atoms with E-state index in [-0.39, 0.29) is 11.1 Å². The van der Waals surface area contributed by atoms with Crippen LogP contribution in [0.15, 0.2) is 50.3 Å². The highest BCUT2D eigenvalue weighted by Crippen LogP contribution is 2.22. The van der Waals surface area contributed by atoms with Gasteiger partial charge in [0, 0.05) is 4.47 Å². The van der Waals surface area contributed by atoms with Gasteiger partial charge in [0.1, 0.15) is 12.4 Å². The SMILES string of the molecule is COC(=O)c1coc(=O)c(C(O)c2ccc(Br)cc2)c1. The van der Waals surface area contributed by atoms with E-state index in [4.69, 9.17) is 4.42 Å². The van der Waals surface area contributed by atoms with Gasteiger partial charge in [0.15, 0.2) is 0 Å². The van der Waals surface area contributed by atoms with Crippen molar-refractivity contribution >= 4 is 21.9 Å². The number of rotatable bonds is 3. The van der Waals surface area contributed by atoms with Gasteiger partial charge in [0.2, 0.25) is 0 Å². The lowest BCUT2D eigenvalue weighted by Crippen LogP contribution is -2.15. The molecule has 20 heavy (non-hydrogen) atoms. The molecular weight excluding hydrogens is 328 g/mol. The zero-order chi connectivity index (χ0) is 14.7. The summed E-state index contributed by atoms with van der Waals surface area (Å²) in [5.74, 6) is -0.641. The number of methoxy groups -OCH3 is 1. The summed E-state index contributed by atoms with van der Waals surface area (Å²) in [6, 6.07) is 8.08. The molecule has 1 heterocycles. The van der Waals surface area contributed by atoms with Gasteiger partial charge in [0.25, 0.3) is 0 Å². The lowest BCUT2D eigenvalue weighted by molar-refractivity contribution is 0.0597. The Morgan fingerprint density at radius 2 is 2.00 bits per heavy atom. The van der Waals surface area contributed by atoms with E-state index in [1.165, 1.54) is 13.2 Å². The van der Waals surface area contributed by atoms with Crippen molar-refractivity contribution in [3.63, 3.8) is 0 Å². The number of aliphatic hydroxyl groups is 1. The quantitative estimate of drug-likeness (QED) is 0.868. The largest absolute Gasteiger partial charge is 0.465 e. The first kappa shape index (κ1) is 14.5. The van der Waals surface area contributed by atoms with Crippen molar-refractivity contribution in [2.45, 2.75) is 6.10 Å². The monoisotopic (exact) mass is 338 g/mol. The van der Waals surface area contributed by atoms with Gasteiger partial charge in [-0.05, 0) is 23.8 Å². The number of hydrogen-bond donors (Lipinski definition) is 1. The van der Waals surface area contributed by atoms with E-state index in [1.807, 2.05) is 0 Å².